The quantitative estimate of drug-likeness (QED) is 0.419. The second kappa shape index (κ2) is 12.3. The molecule has 0 heterocycles. The fourth-order valence-corrected chi connectivity index (χ4v) is 2.55. The van der Waals surface area contributed by atoms with Crippen molar-refractivity contribution in [2.24, 2.45) is 11.3 Å². The van der Waals surface area contributed by atoms with Crippen molar-refractivity contribution in [2.45, 2.75) is 66.6 Å². The summed E-state index contributed by atoms with van der Waals surface area (Å²) in [6.45, 7) is 10.7. The zero-order valence-electron chi connectivity index (χ0n) is 20.0. The summed E-state index contributed by atoms with van der Waals surface area (Å²) in [5.74, 6) is -4.09. The molecule has 33 heavy (non-hydrogen) atoms. The summed E-state index contributed by atoms with van der Waals surface area (Å²) in [4.78, 5) is 49.5. The lowest BCUT2D eigenvalue weighted by Gasteiger charge is -2.23. The van der Waals surface area contributed by atoms with Gasteiger partial charge in [0.25, 0.3) is 0 Å². The second-order valence-electron chi connectivity index (χ2n) is 9.44. The van der Waals surface area contributed by atoms with Crippen molar-refractivity contribution in [1.29, 1.82) is 0 Å². The highest BCUT2D eigenvalue weighted by Crippen LogP contribution is 2.11. The average molecular weight is 469 g/mol. The van der Waals surface area contributed by atoms with Crippen LogP contribution in [0.4, 0.5) is 8.78 Å². The molecule has 0 saturated carbocycles. The van der Waals surface area contributed by atoms with Gasteiger partial charge in [0.15, 0.2) is 0 Å². The molecule has 2 atom stereocenters. The second-order valence-corrected chi connectivity index (χ2v) is 9.44. The van der Waals surface area contributed by atoms with Crippen molar-refractivity contribution >= 4 is 23.6 Å². The molecule has 0 spiro atoms. The van der Waals surface area contributed by atoms with Crippen LogP contribution in [0.2, 0.25) is 0 Å². The van der Waals surface area contributed by atoms with E-state index >= 15 is 0 Å². The van der Waals surface area contributed by atoms with Crippen molar-refractivity contribution in [3.63, 3.8) is 0 Å². The van der Waals surface area contributed by atoms with E-state index in [4.69, 9.17) is 0 Å². The van der Waals surface area contributed by atoms with E-state index in [2.05, 4.69) is 21.3 Å². The number of halogens is 2. The van der Waals surface area contributed by atoms with Gasteiger partial charge >= 0.3 is 0 Å². The molecule has 10 heteroatoms. The minimum Gasteiger partial charge on any atom is -0.355 e. The Morgan fingerprint density at radius 1 is 0.909 bits per heavy atom. The van der Waals surface area contributed by atoms with Gasteiger partial charge in [-0.15, -0.1) is 0 Å². The summed E-state index contributed by atoms with van der Waals surface area (Å²) < 4.78 is 26.7. The van der Waals surface area contributed by atoms with Crippen molar-refractivity contribution in [3.8, 4) is 0 Å². The molecule has 1 aromatic carbocycles. The lowest BCUT2D eigenvalue weighted by atomic mass is 9.97. The van der Waals surface area contributed by atoms with Crippen molar-refractivity contribution in [1.82, 2.24) is 21.3 Å². The van der Waals surface area contributed by atoms with Crippen LogP contribution in [0.1, 0.15) is 53.5 Å². The highest BCUT2D eigenvalue weighted by molar-refractivity contribution is 5.95. The molecule has 1 aromatic rings. The van der Waals surface area contributed by atoms with Gasteiger partial charge in [0.05, 0.1) is 6.42 Å². The standard InChI is InChI=1S/C23H34F2N4O4/c1-13(2)20(31)29-18(10-19(30)27-12-23(4,5)6)22(33)28-14(3)21(32)26-11-15-7-8-16(24)9-17(15)25/h7-9,13-14,18H,10-12H2,1-6H3,(H,26,32)(H,27,30)(H,28,33)(H,29,31)/t14-,18-/m1/s1. The first-order valence-electron chi connectivity index (χ1n) is 10.8. The number of hydrogen-bond donors (Lipinski definition) is 4. The molecule has 4 N–H and O–H groups in total. The van der Waals surface area contributed by atoms with Gasteiger partial charge in [-0.3, -0.25) is 19.2 Å². The first-order chi connectivity index (χ1) is 15.2. The molecule has 0 aliphatic heterocycles. The van der Waals surface area contributed by atoms with Crippen LogP contribution in [-0.2, 0) is 25.7 Å². The molecule has 0 bridgehead atoms. The van der Waals surface area contributed by atoms with Crippen molar-refractivity contribution in [2.75, 3.05) is 6.54 Å². The van der Waals surface area contributed by atoms with Crippen LogP contribution in [-0.4, -0.2) is 42.3 Å². The minimum absolute atomic E-state index is 0.0841. The van der Waals surface area contributed by atoms with Crippen LogP contribution in [0.3, 0.4) is 0 Å². The third-order valence-electron chi connectivity index (χ3n) is 4.58. The predicted octanol–water partition coefficient (Wildman–Crippen LogP) is 1.78. The maximum atomic E-state index is 13.7. The molecule has 1 rings (SSSR count). The van der Waals surface area contributed by atoms with E-state index < -0.39 is 53.3 Å². The smallest absolute Gasteiger partial charge is 0.243 e. The Morgan fingerprint density at radius 3 is 2.09 bits per heavy atom. The van der Waals surface area contributed by atoms with Crippen molar-refractivity contribution in [3.05, 3.63) is 35.4 Å². The Balaban J connectivity index is 2.75. The Hall–Kier alpha value is -3.04. The third-order valence-corrected chi connectivity index (χ3v) is 4.58. The SMILES string of the molecule is CC(C)C(=O)N[C@H](CC(=O)NCC(C)(C)C)C(=O)N[C@H](C)C(=O)NCc1ccc(F)cc1F. The van der Waals surface area contributed by atoms with E-state index in [9.17, 15) is 28.0 Å². The third kappa shape index (κ3) is 10.4. The maximum Gasteiger partial charge on any atom is 0.243 e. The van der Waals surface area contributed by atoms with Gasteiger partial charge in [0.2, 0.25) is 23.6 Å². The van der Waals surface area contributed by atoms with Gasteiger partial charge in [0.1, 0.15) is 23.7 Å². The van der Waals surface area contributed by atoms with E-state index in [0.29, 0.717) is 12.6 Å². The number of hydrogen-bond acceptors (Lipinski definition) is 4. The first kappa shape index (κ1) is 28.0. The Kier molecular flexibility index (Phi) is 10.4. The van der Waals surface area contributed by atoms with Crippen LogP contribution in [0, 0.1) is 23.0 Å². The van der Waals surface area contributed by atoms with Gasteiger partial charge in [-0.2, -0.15) is 0 Å². The van der Waals surface area contributed by atoms with Gasteiger partial charge in [-0.25, -0.2) is 8.78 Å². The molecule has 0 saturated heterocycles. The molecule has 0 aliphatic carbocycles. The van der Waals surface area contributed by atoms with Gasteiger partial charge in [-0.1, -0.05) is 40.7 Å². The van der Waals surface area contributed by atoms with E-state index in [1.165, 1.54) is 13.0 Å². The highest BCUT2D eigenvalue weighted by atomic mass is 19.1. The zero-order valence-corrected chi connectivity index (χ0v) is 20.0. The van der Waals surface area contributed by atoms with Gasteiger partial charge in [-0.05, 0) is 18.4 Å². The number of carbonyl (C=O) groups excluding carboxylic acids is 4. The van der Waals surface area contributed by atoms with Crippen LogP contribution >= 0.6 is 0 Å². The maximum absolute atomic E-state index is 13.7. The Labute approximate surface area is 193 Å². The highest BCUT2D eigenvalue weighted by Gasteiger charge is 2.28. The van der Waals surface area contributed by atoms with E-state index in [1.54, 1.807) is 13.8 Å². The van der Waals surface area contributed by atoms with E-state index in [1.807, 2.05) is 20.8 Å². The van der Waals surface area contributed by atoms with Gasteiger partial charge in [0, 0.05) is 30.6 Å². The number of rotatable bonds is 10. The van der Waals surface area contributed by atoms with Gasteiger partial charge < -0.3 is 21.3 Å². The molecule has 0 radical (unpaired) electrons. The molecular formula is C23H34F2N4O4. The van der Waals surface area contributed by atoms with Crippen LogP contribution in [0.15, 0.2) is 18.2 Å². The largest absolute Gasteiger partial charge is 0.355 e. The fourth-order valence-electron chi connectivity index (χ4n) is 2.55. The summed E-state index contributed by atoms with van der Waals surface area (Å²) in [6.07, 6.45) is -0.296. The molecule has 0 aliphatic rings. The molecule has 4 amide bonds. The van der Waals surface area contributed by atoms with Crippen LogP contribution in [0.25, 0.3) is 0 Å². The van der Waals surface area contributed by atoms with Crippen LogP contribution < -0.4 is 21.3 Å². The summed E-state index contributed by atoms with van der Waals surface area (Å²) in [6, 6.07) is 0.783. The zero-order chi connectivity index (χ0) is 25.3. The fraction of sp³-hybridized carbons (Fsp3) is 0.565. The first-order valence-corrected chi connectivity index (χ1v) is 10.8. The predicted molar refractivity (Wildman–Crippen MR) is 120 cm³/mol. The Morgan fingerprint density at radius 2 is 1.55 bits per heavy atom. The number of benzene rings is 1. The molecule has 0 aromatic heterocycles. The molecule has 0 fully saturated rings. The monoisotopic (exact) mass is 468 g/mol. The van der Waals surface area contributed by atoms with Crippen LogP contribution in [0.5, 0.6) is 0 Å². The Bertz CT molecular complexity index is 869. The summed E-state index contributed by atoms with van der Waals surface area (Å²) in [5, 5.41) is 10.2. The number of carbonyl (C=O) groups is 4. The normalized spacial score (nSPS) is 13.1. The lowest BCUT2D eigenvalue weighted by molar-refractivity contribution is -0.134. The van der Waals surface area contributed by atoms with Crippen molar-refractivity contribution < 1.29 is 28.0 Å². The summed E-state index contributed by atoms with van der Waals surface area (Å²) >= 11 is 0. The lowest BCUT2D eigenvalue weighted by Crippen LogP contribution is -2.54. The molecule has 0 unspecified atom stereocenters. The molecule has 8 nitrogen and oxygen atoms in total. The summed E-state index contributed by atoms with van der Waals surface area (Å²) in [7, 11) is 0. The van der Waals surface area contributed by atoms with E-state index in [0.717, 1.165) is 6.07 Å². The summed E-state index contributed by atoms with van der Waals surface area (Å²) in [5.41, 5.74) is -0.0774. The number of amides is 4. The van der Waals surface area contributed by atoms with E-state index in [-0.39, 0.29) is 23.9 Å². The average Bonchev–Trinajstić information content (AvgIpc) is 2.70. The molecular weight excluding hydrogens is 434 g/mol. The topological polar surface area (TPSA) is 116 Å². The minimum atomic E-state index is -1.18. The molecule has 184 valence electrons. The number of nitrogens with one attached hydrogen (secondary N) is 4.